The van der Waals surface area contributed by atoms with E-state index < -0.39 is 0 Å². The fraction of sp³-hybridized carbons (Fsp3) is 0.533. The van der Waals surface area contributed by atoms with Gasteiger partial charge in [0.05, 0.1) is 0 Å². The third kappa shape index (κ3) is 5.15. The summed E-state index contributed by atoms with van der Waals surface area (Å²) in [6.07, 6.45) is 6.70. The zero-order valence-electron chi connectivity index (χ0n) is 11.2. The average Bonchev–Trinajstić information content (AvgIpc) is 2.40. The summed E-state index contributed by atoms with van der Waals surface area (Å²) in [5.41, 5.74) is 6.50. The van der Waals surface area contributed by atoms with Crippen LogP contribution in [0.2, 0.25) is 0 Å². The van der Waals surface area contributed by atoms with Crippen LogP contribution < -0.4 is 11.1 Å². The number of hydrogen-bond donors (Lipinski definition) is 2. The lowest BCUT2D eigenvalue weighted by Crippen LogP contribution is -2.36. The minimum absolute atomic E-state index is 0.184. The smallest absolute Gasteiger partial charge is 0.221 e. The normalized spacial score (nSPS) is 16.2. The maximum absolute atomic E-state index is 11.8. The predicted molar refractivity (Wildman–Crippen MR) is 81.2 cm³/mol. The molecule has 0 unspecified atom stereocenters. The van der Waals surface area contributed by atoms with Gasteiger partial charge in [-0.15, -0.1) is 11.8 Å². The second-order valence-corrected chi connectivity index (χ2v) is 6.24. The molecule has 0 aromatic heterocycles. The number of amides is 1. The number of carbonyl (C=O) groups excluding carboxylic acids is 1. The van der Waals surface area contributed by atoms with Crippen LogP contribution >= 0.6 is 11.8 Å². The van der Waals surface area contributed by atoms with E-state index >= 15 is 0 Å². The minimum Gasteiger partial charge on any atom is -0.399 e. The number of carbonyl (C=O) groups is 1. The van der Waals surface area contributed by atoms with E-state index in [4.69, 9.17) is 5.73 Å². The first-order valence-electron chi connectivity index (χ1n) is 7.02. The number of nitrogens with two attached hydrogens (primary N) is 1. The molecule has 1 amide bonds. The molecule has 0 spiro atoms. The van der Waals surface area contributed by atoms with Crippen LogP contribution in [0.1, 0.15) is 38.5 Å². The van der Waals surface area contributed by atoms with Crippen molar-refractivity contribution < 1.29 is 4.79 Å². The molecule has 0 aliphatic heterocycles. The van der Waals surface area contributed by atoms with Gasteiger partial charge in [0.1, 0.15) is 0 Å². The summed E-state index contributed by atoms with van der Waals surface area (Å²) < 4.78 is 0. The summed E-state index contributed by atoms with van der Waals surface area (Å²) in [5.74, 6) is 0.991. The molecule has 1 aliphatic carbocycles. The molecule has 0 heterocycles. The highest BCUT2D eigenvalue weighted by Gasteiger charge is 2.15. The molecule has 3 nitrogen and oxygen atoms in total. The lowest BCUT2D eigenvalue weighted by Gasteiger charge is -2.22. The Hall–Kier alpha value is -1.16. The lowest BCUT2D eigenvalue weighted by molar-refractivity contribution is -0.121. The van der Waals surface area contributed by atoms with E-state index in [9.17, 15) is 4.79 Å². The van der Waals surface area contributed by atoms with Gasteiger partial charge in [-0.05, 0) is 31.0 Å². The van der Waals surface area contributed by atoms with E-state index in [2.05, 4.69) is 5.32 Å². The largest absolute Gasteiger partial charge is 0.399 e. The minimum atomic E-state index is 0.184. The van der Waals surface area contributed by atoms with Gasteiger partial charge >= 0.3 is 0 Å². The Balaban J connectivity index is 1.66. The van der Waals surface area contributed by atoms with Crippen LogP contribution in [0.15, 0.2) is 29.2 Å². The number of rotatable bonds is 5. The summed E-state index contributed by atoms with van der Waals surface area (Å²) in [7, 11) is 0. The second-order valence-electron chi connectivity index (χ2n) is 5.07. The highest BCUT2D eigenvalue weighted by molar-refractivity contribution is 7.99. The van der Waals surface area contributed by atoms with E-state index in [1.807, 2.05) is 24.3 Å². The molecule has 2 rings (SSSR count). The van der Waals surface area contributed by atoms with Gasteiger partial charge in [-0.3, -0.25) is 4.79 Å². The van der Waals surface area contributed by atoms with Crippen molar-refractivity contribution in [1.82, 2.24) is 5.32 Å². The number of anilines is 1. The van der Waals surface area contributed by atoms with E-state index in [1.54, 1.807) is 11.8 Å². The van der Waals surface area contributed by atoms with E-state index in [-0.39, 0.29) is 5.91 Å². The van der Waals surface area contributed by atoms with Gasteiger partial charge in [0, 0.05) is 28.8 Å². The number of hydrogen-bond acceptors (Lipinski definition) is 3. The van der Waals surface area contributed by atoms with E-state index in [1.165, 1.54) is 19.3 Å². The van der Waals surface area contributed by atoms with Crippen molar-refractivity contribution in [1.29, 1.82) is 0 Å². The van der Waals surface area contributed by atoms with Crippen LogP contribution in [0, 0.1) is 0 Å². The molecule has 1 saturated carbocycles. The molecule has 0 bridgehead atoms. The molecule has 4 heteroatoms. The first-order chi connectivity index (χ1) is 9.24. The molecule has 3 N–H and O–H groups in total. The Morgan fingerprint density at radius 1 is 1.32 bits per heavy atom. The number of nitrogen functional groups attached to an aromatic ring is 1. The van der Waals surface area contributed by atoms with Gasteiger partial charge in [-0.2, -0.15) is 0 Å². The molecule has 0 radical (unpaired) electrons. The number of nitrogens with one attached hydrogen (secondary N) is 1. The van der Waals surface area contributed by atoms with Gasteiger partial charge in [0.2, 0.25) is 5.91 Å². The summed E-state index contributed by atoms with van der Waals surface area (Å²) in [4.78, 5) is 12.9. The summed E-state index contributed by atoms with van der Waals surface area (Å²) >= 11 is 1.68. The third-order valence-electron chi connectivity index (χ3n) is 3.43. The zero-order chi connectivity index (χ0) is 13.5. The molecule has 1 aliphatic rings. The molecule has 0 saturated heterocycles. The van der Waals surface area contributed by atoms with Crippen molar-refractivity contribution in [3.8, 4) is 0 Å². The first kappa shape index (κ1) is 14.3. The fourth-order valence-corrected chi connectivity index (χ4v) is 3.33. The van der Waals surface area contributed by atoms with Crippen LogP contribution in [-0.2, 0) is 4.79 Å². The Kier molecular flexibility index (Phi) is 5.58. The van der Waals surface area contributed by atoms with Crippen LogP contribution in [0.3, 0.4) is 0 Å². The van der Waals surface area contributed by atoms with Gasteiger partial charge in [-0.1, -0.05) is 25.3 Å². The van der Waals surface area contributed by atoms with Gasteiger partial charge < -0.3 is 11.1 Å². The molecular weight excluding hydrogens is 256 g/mol. The topological polar surface area (TPSA) is 55.1 Å². The van der Waals surface area contributed by atoms with Crippen LogP contribution in [-0.4, -0.2) is 17.7 Å². The van der Waals surface area contributed by atoms with Crippen molar-refractivity contribution in [2.75, 3.05) is 11.5 Å². The van der Waals surface area contributed by atoms with Gasteiger partial charge in [0.15, 0.2) is 0 Å². The standard InChI is InChI=1S/C15H22N2OS/c16-12-5-4-8-14(11-12)19-10-9-15(18)17-13-6-2-1-3-7-13/h4-5,8,11,13H,1-3,6-7,9-10,16H2,(H,17,18). The van der Waals surface area contributed by atoms with Crippen LogP contribution in [0.5, 0.6) is 0 Å². The summed E-state index contributed by atoms with van der Waals surface area (Å²) in [6.45, 7) is 0. The Bertz CT molecular complexity index is 416. The fourth-order valence-electron chi connectivity index (χ4n) is 2.41. The molecule has 104 valence electrons. The van der Waals surface area contributed by atoms with Gasteiger partial charge in [-0.25, -0.2) is 0 Å². The molecule has 1 aromatic carbocycles. The van der Waals surface area contributed by atoms with E-state index in [0.717, 1.165) is 29.2 Å². The Morgan fingerprint density at radius 3 is 2.84 bits per heavy atom. The highest BCUT2D eigenvalue weighted by atomic mass is 32.2. The third-order valence-corrected chi connectivity index (χ3v) is 4.42. The Morgan fingerprint density at radius 2 is 2.11 bits per heavy atom. The monoisotopic (exact) mass is 278 g/mol. The number of benzene rings is 1. The van der Waals surface area contributed by atoms with Crippen LogP contribution in [0.4, 0.5) is 5.69 Å². The molecule has 1 aromatic rings. The number of thioether (sulfide) groups is 1. The summed E-state index contributed by atoms with van der Waals surface area (Å²) in [6, 6.07) is 8.21. The quantitative estimate of drug-likeness (QED) is 0.642. The second kappa shape index (κ2) is 7.43. The Labute approximate surface area is 119 Å². The van der Waals surface area contributed by atoms with E-state index in [0.29, 0.717) is 12.5 Å². The lowest BCUT2D eigenvalue weighted by atomic mass is 9.95. The van der Waals surface area contributed by atoms with Crippen LogP contribution in [0.25, 0.3) is 0 Å². The molecule has 1 fully saturated rings. The van der Waals surface area contributed by atoms with Crippen molar-refractivity contribution in [3.63, 3.8) is 0 Å². The molecular formula is C15H22N2OS. The van der Waals surface area contributed by atoms with Crippen molar-refractivity contribution in [3.05, 3.63) is 24.3 Å². The average molecular weight is 278 g/mol. The highest BCUT2D eigenvalue weighted by Crippen LogP contribution is 2.21. The molecule has 0 atom stereocenters. The SMILES string of the molecule is Nc1cccc(SCCC(=O)NC2CCCCC2)c1. The van der Waals surface area contributed by atoms with Crippen molar-refractivity contribution in [2.24, 2.45) is 0 Å². The molecule has 19 heavy (non-hydrogen) atoms. The summed E-state index contributed by atoms with van der Waals surface area (Å²) in [5, 5.41) is 3.14. The first-order valence-corrected chi connectivity index (χ1v) is 8.00. The maximum Gasteiger partial charge on any atom is 0.221 e. The zero-order valence-corrected chi connectivity index (χ0v) is 12.0. The van der Waals surface area contributed by atoms with Gasteiger partial charge in [0.25, 0.3) is 0 Å². The van der Waals surface area contributed by atoms with Crippen molar-refractivity contribution in [2.45, 2.75) is 49.5 Å². The van der Waals surface area contributed by atoms with Crippen molar-refractivity contribution >= 4 is 23.4 Å². The maximum atomic E-state index is 11.8. The predicted octanol–water partition coefficient (Wildman–Crippen LogP) is 3.20.